The SMILES string of the molecule is CC(C)[C@H](C)N1CCCC[C@H]1C(=O)O. The summed E-state index contributed by atoms with van der Waals surface area (Å²) in [6.45, 7) is 7.37. The largest absolute Gasteiger partial charge is 0.480 e. The van der Waals surface area contributed by atoms with Gasteiger partial charge in [-0.2, -0.15) is 0 Å². The summed E-state index contributed by atoms with van der Waals surface area (Å²) >= 11 is 0. The lowest BCUT2D eigenvalue weighted by molar-refractivity contribution is -0.146. The van der Waals surface area contributed by atoms with Gasteiger partial charge < -0.3 is 5.11 Å². The van der Waals surface area contributed by atoms with E-state index in [9.17, 15) is 4.79 Å². The van der Waals surface area contributed by atoms with Gasteiger partial charge in [-0.15, -0.1) is 0 Å². The predicted octanol–water partition coefficient (Wildman–Crippen LogP) is 1.97. The Morgan fingerprint density at radius 2 is 2.00 bits per heavy atom. The van der Waals surface area contributed by atoms with Gasteiger partial charge in [-0.3, -0.25) is 9.69 Å². The summed E-state index contributed by atoms with van der Waals surface area (Å²) in [6, 6.07) is 0.123. The number of hydrogen-bond acceptors (Lipinski definition) is 2. The van der Waals surface area contributed by atoms with Gasteiger partial charge in [-0.25, -0.2) is 0 Å². The van der Waals surface area contributed by atoms with Gasteiger partial charge >= 0.3 is 5.97 Å². The van der Waals surface area contributed by atoms with Gasteiger partial charge in [0.15, 0.2) is 0 Å². The first-order valence-corrected chi connectivity index (χ1v) is 5.52. The number of nitrogens with zero attached hydrogens (tertiary/aromatic N) is 1. The number of carboxylic acid groups (broad SMARTS) is 1. The van der Waals surface area contributed by atoms with E-state index in [1.54, 1.807) is 0 Å². The van der Waals surface area contributed by atoms with Crippen molar-refractivity contribution >= 4 is 5.97 Å². The first kappa shape index (κ1) is 11.5. The van der Waals surface area contributed by atoms with E-state index in [0.29, 0.717) is 12.0 Å². The maximum Gasteiger partial charge on any atom is 0.320 e. The third-order valence-electron chi connectivity index (χ3n) is 3.32. The van der Waals surface area contributed by atoms with E-state index in [4.69, 9.17) is 5.11 Å². The van der Waals surface area contributed by atoms with Crippen molar-refractivity contribution in [2.24, 2.45) is 5.92 Å². The van der Waals surface area contributed by atoms with Crippen molar-refractivity contribution in [1.29, 1.82) is 0 Å². The average molecular weight is 199 g/mol. The molecule has 1 N–H and O–H groups in total. The smallest absolute Gasteiger partial charge is 0.320 e. The molecule has 14 heavy (non-hydrogen) atoms. The van der Waals surface area contributed by atoms with Crippen molar-refractivity contribution in [3.8, 4) is 0 Å². The van der Waals surface area contributed by atoms with Crippen LogP contribution in [0.4, 0.5) is 0 Å². The van der Waals surface area contributed by atoms with Crippen LogP contribution in [0.1, 0.15) is 40.0 Å². The van der Waals surface area contributed by atoms with Crippen LogP contribution in [0.5, 0.6) is 0 Å². The third-order valence-corrected chi connectivity index (χ3v) is 3.32. The summed E-state index contributed by atoms with van der Waals surface area (Å²) in [5.41, 5.74) is 0. The van der Waals surface area contributed by atoms with Crippen LogP contribution in [0.3, 0.4) is 0 Å². The quantitative estimate of drug-likeness (QED) is 0.755. The maximum atomic E-state index is 11.1. The lowest BCUT2D eigenvalue weighted by Gasteiger charge is -2.39. The van der Waals surface area contributed by atoms with E-state index in [0.717, 1.165) is 25.8 Å². The molecule has 1 saturated heterocycles. The summed E-state index contributed by atoms with van der Waals surface area (Å²) in [6.07, 6.45) is 3.01. The summed E-state index contributed by atoms with van der Waals surface area (Å²) < 4.78 is 0. The summed E-state index contributed by atoms with van der Waals surface area (Å²) in [7, 11) is 0. The Morgan fingerprint density at radius 1 is 1.36 bits per heavy atom. The molecule has 1 heterocycles. The van der Waals surface area contributed by atoms with Crippen molar-refractivity contribution in [2.75, 3.05) is 6.54 Å². The number of aliphatic carboxylic acids is 1. The number of likely N-dealkylation sites (tertiary alicyclic amines) is 1. The van der Waals surface area contributed by atoms with Gasteiger partial charge in [-0.05, 0) is 32.2 Å². The molecule has 0 spiro atoms. The molecule has 0 radical (unpaired) electrons. The predicted molar refractivity (Wildman–Crippen MR) is 56.3 cm³/mol. The van der Waals surface area contributed by atoms with Crippen LogP contribution < -0.4 is 0 Å². The van der Waals surface area contributed by atoms with Gasteiger partial charge in [0.05, 0.1) is 0 Å². The van der Waals surface area contributed by atoms with E-state index < -0.39 is 5.97 Å². The van der Waals surface area contributed by atoms with Crippen LogP contribution in [0.15, 0.2) is 0 Å². The van der Waals surface area contributed by atoms with Crippen LogP contribution in [0, 0.1) is 5.92 Å². The van der Waals surface area contributed by atoms with E-state index in [1.807, 2.05) is 0 Å². The molecule has 1 aliphatic rings. The molecule has 82 valence electrons. The zero-order valence-corrected chi connectivity index (χ0v) is 9.36. The molecule has 3 heteroatoms. The fourth-order valence-electron chi connectivity index (χ4n) is 2.09. The highest BCUT2D eigenvalue weighted by molar-refractivity contribution is 5.73. The zero-order valence-electron chi connectivity index (χ0n) is 9.36. The highest BCUT2D eigenvalue weighted by Gasteiger charge is 2.32. The van der Waals surface area contributed by atoms with E-state index in [1.165, 1.54) is 0 Å². The first-order chi connectivity index (χ1) is 6.54. The molecular weight excluding hydrogens is 178 g/mol. The van der Waals surface area contributed by atoms with Gasteiger partial charge in [0.25, 0.3) is 0 Å². The Kier molecular flexibility index (Phi) is 3.93. The third kappa shape index (κ3) is 2.47. The molecule has 0 aromatic rings. The van der Waals surface area contributed by atoms with Gasteiger partial charge in [0, 0.05) is 6.04 Å². The highest BCUT2D eigenvalue weighted by Crippen LogP contribution is 2.22. The van der Waals surface area contributed by atoms with Gasteiger partial charge in [0.1, 0.15) is 6.04 Å². The van der Waals surface area contributed by atoms with Crippen LogP contribution in [0.2, 0.25) is 0 Å². The fraction of sp³-hybridized carbons (Fsp3) is 0.909. The Morgan fingerprint density at radius 3 is 2.50 bits per heavy atom. The lowest BCUT2D eigenvalue weighted by Crippen LogP contribution is -2.50. The molecular formula is C11H21NO2. The van der Waals surface area contributed by atoms with Crippen LogP contribution >= 0.6 is 0 Å². The van der Waals surface area contributed by atoms with Crippen LogP contribution in [0.25, 0.3) is 0 Å². The van der Waals surface area contributed by atoms with Gasteiger partial charge in [0.2, 0.25) is 0 Å². The Labute approximate surface area is 86.1 Å². The van der Waals surface area contributed by atoms with Crippen molar-refractivity contribution < 1.29 is 9.90 Å². The highest BCUT2D eigenvalue weighted by atomic mass is 16.4. The number of carboxylic acids is 1. The second kappa shape index (κ2) is 4.78. The van der Waals surface area contributed by atoms with E-state index in [-0.39, 0.29) is 6.04 Å². The molecule has 1 rings (SSSR count). The lowest BCUT2D eigenvalue weighted by atomic mass is 9.96. The van der Waals surface area contributed by atoms with Gasteiger partial charge in [-0.1, -0.05) is 20.3 Å². The van der Waals surface area contributed by atoms with Crippen LogP contribution in [-0.4, -0.2) is 34.6 Å². The van der Waals surface area contributed by atoms with E-state index in [2.05, 4.69) is 25.7 Å². The molecule has 2 atom stereocenters. The maximum absolute atomic E-state index is 11.1. The minimum absolute atomic E-state index is 0.249. The number of rotatable bonds is 3. The Balaban J connectivity index is 2.67. The minimum Gasteiger partial charge on any atom is -0.480 e. The van der Waals surface area contributed by atoms with Crippen molar-refractivity contribution in [3.63, 3.8) is 0 Å². The molecule has 0 saturated carbocycles. The van der Waals surface area contributed by atoms with Crippen molar-refractivity contribution in [1.82, 2.24) is 4.90 Å². The summed E-state index contributed by atoms with van der Waals surface area (Å²) in [4.78, 5) is 13.2. The standard InChI is InChI=1S/C11H21NO2/c1-8(2)9(3)12-7-5-4-6-10(12)11(13)14/h8-10H,4-7H2,1-3H3,(H,13,14)/t9-,10-/m0/s1. The molecule has 1 aliphatic heterocycles. The Hall–Kier alpha value is -0.570. The summed E-state index contributed by atoms with van der Waals surface area (Å²) in [5.74, 6) is -0.132. The number of hydrogen-bond donors (Lipinski definition) is 1. The molecule has 0 unspecified atom stereocenters. The molecule has 3 nitrogen and oxygen atoms in total. The number of piperidine rings is 1. The molecule has 0 aromatic heterocycles. The zero-order chi connectivity index (χ0) is 10.7. The molecule has 1 fully saturated rings. The van der Waals surface area contributed by atoms with Crippen LogP contribution in [-0.2, 0) is 4.79 Å². The van der Waals surface area contributed by atoms with E-state index >= 15 is 0 Å². The average Bonchev–Trinajstić information content (AvgIpc) is 2.16. The Bertz CT molecular complexity index is 203. The molecule has 0 aromatic carbocycles. The number of carbonyl (C=O) groups is 1. The molecule has 0 aliphatic carbocycles. The summed E-state index contributed by atoms with van der Waals surface area (Å²) in [5, 5.41) is 9.10. The topological polar surface area (TPSA) is 40.5 Å². The fourth-order valence-corrected chi connectivity index (χ4v) is 2.09. The molecule has 0 bridgehead atoms. The van der Waals surface area contributed by atoms with Crippen molar-refractivity contribution in [2.45, 2.75) is 52.1 Å². The second-order valence-corrected chi connectivity index (χ2v) is 4.57. The molecule has 0 amide bonds. The first-order valence-electron chi connectivity index (χ1n) is 5.52. The monoisotopic (exact) mass is 199 g/mol. The second-order valence-electron chi connectivity index (χ2n) is 4.57. The van der Waals surface area contributed by atoms with Crippen molar-refractivity contribution in [3.05, 3.63) is 0 Å². The minimum atomic E-state index is -0.655. The normalized spacial score (nSPS) is 26.4.